The largest absolute Gasteiger partial charge is 0.369 e. The maximum absolute atomic E-state index is 13.3. The van der Waals surface area contributed by atoms with E-state index in [4.69, 9.17) is 5.73 Å². The highest BCUT2D eigenvalue weighted by atomic mass is 19.1. The van der Waals surface area contributed by atoms with E-state index in [0.29, 0.717) is 25.1 Å². The number of nitrogens with one attached hydrogen (secondary N) is 1. The first-order valence-electron chi connectivity index (χ1n) is 10.8. The van der Waals surface area contributed by atoms with Crippen LogP contribution in [0, 0.1) is 18.2 Å². The molecule has 0 spiro atoms. The first kappa shape index (κ1) is 21.7. The summed E-state index contributed by atoms with van der Waals surface area (Å²) >= 11 is 0. The van der Waals surface area contributed by atoms with Gasteiger partial charge in [-0.3, -0.25) is 14.7 Å². The standard InChI is InChI=1S/C25H27FN4O2/c1-3-21-16(2)22(29-28-21)23(31)30-12-11-25(15-30,24(27)32)14-17-5-4-6-19(13-17)18-7-9-20(26)10-8-18/h4-10,13H,3,11-12,14-15H2,1-2H3,(H2,27,32)(H,28,29)/t25-/m1/s1. The Hall–Kier alpha value is -3.48. The van der Waals surface area contributed by atoms with Crippen LogP contribution in [0.3, 0.4) is 0 Å². The third kappa shape index (κ3) is 4.02. The number of rotatable bonds is 6. The quantitative estimate of drug-likeness (QED) is 0.620. The summed E-state index contributed by atoms with van der Waals surface area (Å²) in [4.78, 5) is 27.3. The van der Waals surface area contributed by atoms with Crippen LogP contribution in [0.5, 0.6) is 0 Å². The molecule has 3 aromatic rings. The average Bonchev–Trinajstić information content (AvgIpc) is 3.38. The van der Waals surface area contributed by atoms with Crippen molar-refractivity contribution >= 4 is 11.8 Å². The van der Waals surface area contributed by atoms with Gasteiger partial charge in [-0.05, 0) is 55.0 Å². The highest BCUT2D eigenvalue weighted by Crippen LogP contribution is 2.36. The monoisotopic (exact) mass is 434 g/mol. The van der Waals surface area contributed by atoms with Crippen LogP contribution < -0.4 is 5.73 Å². The predicted octanol–water partition coefficient (Wildman–Crippen LogP) is 3.65. The topological polar surface area (TPSA) is 92.1 Å². The summed E-state index contributed by atoms with van der Waals surface area (Å²) in [6.07, 6.45) is 1.70. The molecular formula is C25H27FN4O2. The van der Waals surface area contributed by atoms with Crippen LogP contribution in [0.25, 0.3) is 11.1 Å². The molecule has 4 rings (SSSR count). The lowest BCUT2D eigenvalue weighted by molar-refractivity contribution is -0.126. The molecule has 32 heavy (non-hydrogen) atoms. The summed E-state index contributed by atoms with van der Waals surface area (Å²) < 4.78 is 13.3. The van der Waals surface area contributed by atoms with Crippen molar-refractivity contribution in [2.45, 2.75) is 33.1 Å². The maximum atomic E-state index is 13.3. The van der Waals surface area contributed by atoms with E-state index in [0.717, 1.165) is 34.4 Å². The number of primary amides is 1. The second-order valence-corrected chi connectivity index (χ2v) is 8.53. The number of carbonyl (C=O) groups excluding carboxylic acids is 2. The van der Waals surface area contributed by atoms with E-state index < -0.39 is 11.3 Å². The van der Waals surface area contributed by atoms with Gasteiger partial charge in [-0.2, -0.15) is 5.10 Å². The van der Waals surface area contributed by atoms with Crippen molar-refractivity contribution in [2.24, 2.45) is 11.1 Å². The van der Waals surface area contributed by atoms with Gasteiger partial charge in [0.15, 0.2) is 5.69 Å². The zero-order valence-corrected chi connectivity index (χ0v) is 18.3. The molecule has 1 aliphatic rings. The summed E-state index contributed by atoms with van der Waals surface area (Å²) in [5.41, 5.74) is 9.99. The number of H-pyrrole nitrogens is 1. The molecule has 1 atom stereocenters. The molecule has 2 amide bonds. The zero-order chi connectivity index (χ0) is 22.9. The molecule has 1 aliphatic heterocycles. The van der Waals surface area contributed by atoms with Crippen molar-refractivity contribution in [3.63, 3.8) is 0 Å². The summed E-state index contributed by atoms with van der Waals surface area (Å²) in [5.74, 6) is -0.874. The van der Waals surface area contributed by atoms with Crippen LogP contribution in [0.4, 0.5) is 4.39 Å². The van der Waals surface area contributed by atoms with Crippen molar-refractivity contribution in [2.75, 3.05) is 13.1 Å². The Morgan fingerprint density at radius 1 is 1.19 bits per heavy atom. The fourth-order valence-electron chi connectivity index (χ4n) is 4.51. The highest BCUT2D eigenvalue weighted by molar-refractivity contribution is 5.95. The Morgan fingerprint density at radius 2 is 1.94 bits per heavy atom. The number of carbonyl (C=O) groups is 2. The van der Waals surface area contributed by atoms with Gasteiger partial charge in [-0.15, -0.1) is 0 Å². The number of nitrogens with two attached hydrogens (primary N) is 1. The van der Waals surface area contributed by atoms with Crippen molar-refractivity contribution in [3.8, 4) is 11.1 Å². The number of aromatic amines is 1. The molecule has 2 aromatic carbocycles. The Bertz CT molecular complexity index is 1160. The molecule has 6 nitrogen and oxygen atoms in total. The van der Waals surface area contributed by atoms with Crippen LogP contribution in [0.1, 0.15) is 40.7 Å². The van der Waals surface area contributed by atoms with E-state index >= 15 is 0 Å². The first-order valence-corrected chi connectivity index (χ1v) is 10.8. The molecule has 166 valence electrons. The lowest BCUT2D eigenvalue weighted by atomic mass is 9.79. The SMILES string of the molecule is CCc1[nH]nc(C(=O)N2CC[C@](Cc3cccc(-c4ccc(F)cc4)c3)(C(N)=O)C2)c1C. The fraction of sp³-hybridized carbons (Fsp3) is 0.320. The lowest BCUT2D eigenvalue weighted by Crippen LogP contribution is -2.42. The third-order valence-electron chi connectivity index (χ3n) is 6.48. The number of likely N-dealkylation sites (tertiary alicyclic amines) is 1. The first-order chi connectivity index (χ1) is 15.3. The van der Waals surface area contributed by atoms with Crippen molar-refractivity contribution in [3.05, 3.63) is 76.9 Å². The van der Waals surface area contributed by atoms with Crippen LogP contribution in [0.2, 0.25) is 0 Å². The molecule has 1 saturated heterocycles. The predicted molar refractivity (Wildman–Crippen MR) is 120 cm³/mol. The minimum absolute atomic E-state index is 0.179. The molecule has 1 aromatic heterocycles. The summed E-state index contributed by atoms with van der Waals surface area (Å²) in [6, 6.07) is 14.1. The molecule has 0 aliphatic carbocycles. The molecule has 0 bridgehead atoms. The normalized spacial score (nSPS) is 18.2. The maximum Gasteiger partial charge on any atom is 0.274 e. The number of halogens is 1. The Morgan fingerprint density at radius 3 is 2.59 bits per heavy atom. The van der Waals surface area contributed by atoms with Gasteiger partial charge in [0.2, 0.25) is 5.91 Å². The number of aromatic nitrogens is 2. The molecule has 1 fully saturated rings. The number of hydrogen-bond acceptors (Lipinski definition) is 3. The fourth-order valence-corrected chi connectivity index (χ4v) is 4.51. The van der Waals surface area contributed by atoms with Crippen molar-refractivity contribution in [1.29, 1.82) is 0 Å². The minimum Gasteiger partial charge on any atom is -0.369 e. The van der Waals surface area contributed by atoms with E-state index in [1.165, 1.54) is 12.1 Å². The summed E-state index contributed by atoms with van der Waals surface area (Å²) in [6.45, 7) is 4.60. The highest BCUT2D eigenvalue weighted by Gasteiger charge is 2.45. The Kier molecular flexibility index (Phi) is 5.82. The van der Waals surface area contributed by atoms with Gasteiger partial charge in [0.1, 0.15) is 5.82 Å². The number of aryl methyl sites for hydroxylation is 1. The van der Waals surface area contributed by atoms with Gasteiger partial charge < -0.3 is 10.6 Å². The van der Waals surface area contributed by atoms with Gasteiger partial charge in [-0.1, -0.05) is 43.3 Å². The van der Waals surface area contributed by atoms with Crippen LogP contribution in [0.15, 0.2) is 48.5 Å². The number of nitrogens with zero attached hydrogens (tertiary/aromatic N) is 2. The molecule has 0 radical (unpaired) electrons. The van der Waals surface area contributed by atoms with E-state index in [1.807, 2.05) is 38.1 Å². The van der Waals surface area contributed by atoms with Crippen molar-refractivity contribution < 1.29 is 14.0 Å². The molecule has 2 heterocycles. The van der Waals surface area contributed by atoms with E-state index in [9.17, 15) is 14.0 Å². The number of amides is 2. The molecule has 0 unspecified atom stereocenters. The average molecular weight is 435 g/mol. The van der Waals surface area contributed by atoms with Gasteiger partial charge in [-0.25, -0.2) is 4.39 Å². The lowest BCUT2D eigenvalue weighted by Gasteiger charge is -2.26. The second kappa shape index (κ2) is 8.57. The molecule has 7 heteroatoms. The van der Waals surface area contributed by atoms with Crippen molar-refractivity contribution in [1.82, 2.24) is 15.1 Å². The zero-order valence-electron chi connectivity index (χ0n) is 18.3. The molecule has 0 saturated carbocycles. The molecular weight excluding hydrogens is 407 g/mol. The Labute approximate surface area is 186 Å². The van der Waals surface area contributed by atoms with Crippen LogP contribution in [-0.4, -0.2) is 40.0 Å². The van der Waals surface area contributed by atoms with Gasteiger partial charge in [0.25, 0.3) is 5.91 Å². The Balaban J connectivity index is 1.56. The van der Waals surface area contributed by atoms with Gasteiger partial charge in [0.05, 0.1) is 5.41 Å². The van der Waals surface area contributed by atoms with Gasteiger partial charge in [0, 0.05) is 24.3 Å². The van der Waals surface area contributed by atoms with Gasteiger partial charge >= 0.3 is 0 Å². The van der Waals surface area contributed by atoms with E-state index in [1.54, 1.807) is 17.0 Å². The van der Waals surface area contributed by atoms with E-state index in [2.05, 4.69) is 10.2 Å². The number of benzene rings is 2. The second-order valence-electron chi connectivity index (χ2n) is 8.53. The molecule has 3 N–H and O–H groups in total. The summed E-state index contributed by atoms with van der Waals surface area (Å²) in [5, 5.41) is 7.12. The third-order valence-corrected chi connectivity index (χ3v) is 6.48. The summed E-state index contributed by atoms with van der Waals surface area (Å²) in [7, 11) is 0. The number of hydrogen-bond donors (Lipinski definition) is 2. The smallest absolute Gasteiger partial charge is 0.274 e. The van der Waals surface area contributed by atoms with Crippen LogP contribution in [-0.2, 0) is 17.6 Å². The minimum atomic E-state index is -0.838. The van der Waals surface area contributed by atoms with Crippen LogP contribution >= 0.6 is 0 Å². The van der Waals surface area contributed by atoms with E-state index in [-0.39, 0.29) is 18.3 Å².